The summed E-state index contributed by atoms with van der Waals surface area (Å²) in [6.45, 7) is 1.84. The van der Waals surface area contributed by atoms with Gasteiger partial charge >= 0.3 is 0 Å². The summed E-state index contributed by atoms with van der Waals surface area (Å²) in [6.07, 6.45) is 3.11. The number of phenols is 1. The van der Waals surface area contributed by atoms with Crippen LogP contribution in [0, 0.1) is 12.7 Å². The third-order valence-electron chi connectivity index (χ3n) is 4.72. The number of nitrogens with one attached hydrogen (secondary N) is 1. The van der Waals surface area contributed by atoms with Crippen molar-refractivity contribution in [3.63, 3.8) is 0 Å². The molecule has 2 aromatic heterocycles. The lowest BCUT2D eigenvalue weighted by atomic mass is 9.95. The van der Waals surface area contributed by atoms with Crippen LogP contribution in [0.2, 0.25) is 10.0 Å². The Hall–Kier alpha value is -2.89. The maximum Gasteiger partial charge on any atom is 0.147 e. The first-order valence-electron chi connectivity index (χ1n) is 8.85. The molecule has 0 aliphatic heterocycles. The van der Waals surface area contributed by atoms with E-state index in [2.05, 4.69) is 15.3 Å². The highest BCUT2D eigenvalue weighted by molar-refractivity contribution is 6.31. The second-order valence-corrected chi connectivity index (χ2v) is 7.42. The van der Waals surface area contributed by atoms with E-state index in [0.29, 0.717) is 21.9 Å². The molecule has 0 saturated heterocycles. The topological polar surface area (TPSA) is 58.0 Å². The Labute approximate surface area is 177 Å². The van der Waals surface area contributed by atoms with Crippen LogP contribution >= 0.6 is 23.2 Å². The molecule has 0 fully saturated rings. The van der Waals surface area contributed by atoms with Gasteiger partial charge in [0.2, 0.25) is 0 Å². The standard InChI is InChI=1S/C22H16Cl2FN3O/c1-12-10-18(27-11-16(12)24)28-21(19-15(23)5-2-6-17(19)25)14-8-7-13-4-3-9-26-20(13)22(14)29/h2-11,21,29H,1H3,(H,27,28). The van der Waals surface area contributed by atoms with Crippen molar-refractivity contribution in [1.82, 2.24) is 9.97 Å². The molecule has 0 radical (unpaired) electrons. The highest BCUT2D eigenvalue weighted by Crippen LogP contribution is 2.39. The summed E-state index contributed by atoms with van der Waals surface area (Å²) in [5.41, 5.74) is 1.86. The van der Waals surface area contributed by atoms with Gasteiger partial charge in [-0.1, -0.05) is 47.5 Å². The summed E-state index contributed by atoms with van der Waals surface area (Å²) >= 11 is 12.4. The van der Waals surface area contributed by atoms with Crippen LogP contribution in [0.15, 0.2) is 60.9 Å². The van der Waals surface area contributed by atoms with E-state index in [9.17, 15) is 9.50 Å². The van der Waals surface area contributed by atoms with Crippen LogP contribution in [0.4, 0.5) is 10.2 Å². The number of halogens is 3. The number of aromatic nitrogens is 2. The Morgan fingerprint density at radius 3 is 2.62 bits per heavy atom. The van der Waals surface area contributed by atoms with Crippen LogP contribution in [0.5, 0.6) is 5.75 Å². The number of hydrogen-bond donors (Lipinski definition) is 2. The molecule has 146 valence electrons. The Kier molecular flexibility index (Phi) is 5.26. The van der Waals surface area contributed by atoms with Crippen molar-refractivity contribution in [3.8, 4) is 5.75 Å². The van der Waals surface area contributed by atoms with Gasteiger partial charge in [-0.05, 0) is 36.8 Å². The van der Waals surface area contributed by atoms with Gasteiger partial charge in [0.15, 0.2) is 0 Å². The first-order chi connectivity index (χ1) is 14.0. The van der Waals surface area contributed by atoms with Crippen LogP contribution in [0.3, 0.4) is 0 Å². The second-order valence-electron chi connectivity index (χ2n) is 6.61. The zero-order chi connectivity index (χ0) is 20.5. The molecule has 0 aliphatic carbocycles. The van der Waals surface area contributed by atoms with Crippen molar-refractivity contribution in [2.24, 2.45) is 0 Å². The minimum absolute atomic E-state index is 0.0504. The molecule has 29 heavy (non-hydrogen) atoms. The maximum atomic E-state index is 14.8. The van der Waals surface area contributed by atoms with E-state index < -0.39 is 11.9 Å². The molecule has 0 bridgehead atoms. The van der Waals surface area contributed by atoms with Gasteiger partial charge in [-0.3, -0.25) is 4.98 Å². The number of anilines is 1. The van der Waals surface area contributed by atoms with Crippen molar-refractivity contribution in [1.29, 1.82) is 0 Å². The molecule has 2 heterocycles. The summed E-state index contributed by atoms with van der Waals surface area (Å²) in [7, 11) is 0. The zero-order valence-corrected chi connectivity index (χ0v) is 16.8. The first kappa shape index (κ1) is 19.4. The monoisotopic (exact) mass is 427 g/mol. The average Bonchev–Trinajstić information content (AvgIpc) is 2.70. The fourth-order valence-electron chi connectivity index (χ4n) is 3.24. The minimum Gasteiger partial charge on any atom is -0.505 e. The fraction of sp³-hybridized carbons (Fsp3) is 0.0909. The van der Waals surface area contributed by atoms with Gasteiger partial charge in [-0.2, -0.15) is 0 Å². The molecule has 0 amide bonds. The van der Waals surface area contributed by atoms with Crippen LogP contribution < -0.4 is 5.32 Å². The molecule has 0 aliphatic rings. The van der Waals surface area contributed by atoms with Gasteiger partial charge in [0.05, 0.1) is 11.1 Å². The van der Waals surface area contributed by atoms with Gasteiger partial charge in [0.25, 0.3) is 0 Å². The van der Waals surface area contributed by atoms with Gasteiger partial charge < -0.3 is 10.4 Å². The molecule has 2 aromatic carbocycles. The summed E-state index contributed by atoms with van der Waals surface area (Å²) in [6, 6.07) is 12.6. The number of phenolic OH excluding ortho intramolecular Hbond substituents is 1. The normalized spacial score (nSPS) is 12.1. The average molecular weight is 428 g/mol. The molecule has 1 unspecified atom stereocenters. The van der Waals surface area contributed by atoms with E-state index >= 15 is 0 Å². The fourth-order valence-corrected chi connectivity index (χ4v) is 3.61. The number of fused-ring (bicyclic) bond motifs is 1. The largest absolute Gasteiger partial charge is 0.505 e. The predicted octanol–water partition coefficient (Wildman–Crippen LogP) is 6.29. The van der Waals surface area contributed by atoms with Crippen molar-refractivity contribution in [2.45, 2.75) is 13.0 Å². The molecule has 4 nitrogen and oxygen atoms in total. The number of hydrogen-bond acceptors (Lipinski definition) is 4. The van der Waals surface area contributed by atoms with Crippen LogP contribution in [0.1, 0.15) is 22.7 Å². The van der Waals surface area contributed by atoms with Crippen molar-refractivity contribution < 1.29 is 9.50 Å². The number of aryl methyl sites for hydroxylation is 1. The van der Waals surface area contributed by atoms with E-state index in [1.807, 2.05) is 19.1 Å². The SMILES string of the molecule is Cc1cc(NC(c2ccc3cccnc3c2O)c2c(F)cccc2Cl)ncc1Cl. The van der Waals surface area contributed by atoms with E-state index in [4.69, 9.17) is 23.2 Å². The lowest BCUT2D eigenvalue weighted by Crippen LogP contribution is -2.16. The number of pyridine rings is 2. The molecule has 1 atom stereocenters. The number of rotatable bonds is 4. The maximum absolute atomic E-state index is 14.8. The highest BCUT2D eigenvalue weighted by atomic mass is 35.5. The van der Waals surface area contributed by atoms with Gasteiger partial charge in [-0.15, -0.1) is 0 Å². The van der Waals surface area contributed by atoms with Crippen LogP contribution in [0.25, 0.3) is 10.9 Å². The third-order valence-corrected chi connectivity index (χ3v) is 5.44. The third kappa shape index (κ3) is 3.71. The Morgan fingerprint density at radius 1 is 1.03 bits per heavy atom. The minimum atomic E-state index is -0.803. The van der Waals surface area contributed by atoms with Crippen molar-refractivity contribution >= 4 is 39.9 Å². The number of nitrogens with zero attached hydrogens (tertiary/aromatic N) is 2. The summed E-state index contributed by atoms with van der Waals surface area (Å²) < 4.78 is 14.8. The molecule has 4 rings (SSSR count). The van der Waals surface area contributed by atoms with E-state index in [1.165, 1.54) is 18.3 Å². The van der Waals surface area contributed by atoms with E-state index in [0.717, 1.165) is 10.9 Å². The molecule has 7 heteroatoms. The Bertz CT molecular complexity index is 1200. The van der Waals surface area contributed by atoms with Gasteiger partial charge in [0.1, 0.15) is 22.9 Å². The highest BCUT2D eigenvalue weighted by Gasteiger charge is 2.25. The van der Waals surface area contributed by atoms with Crippen molar-refractivity contribution in [2.75, 3.05) is 5.32 Å². The smallest absolute Gasteiger partial charge is 0.147 e. The second kappa shape index (κ2) is 7.85. The first-order valence-corrected chi connectivity index (χ1v) is 9.60. The van der Waals surface area contributed by atoms with Crippen molar-refractivity contribution in [3.05, 3.63) is 93.5 Å². The predicted molar refractivity (Wildman–Crippen MR) is 114 cm³/mol. The Morgan fingerprint density at radius 2 is 1.86 bits per heavy atom. The zero-order valence-electron chi connectivity index (χ0n) is 15.3. The van der Waals surface area contributed by atoms with E-state index in [1.54, 1.807) is 30.5 Å². The molecule has 0 saturated carbocycles. The van der Waals surface area contributed by atoms with E-state index in [-0.39, 0.29) is 16.3 Å². The molecule has 4 aromatic rings. The summed E-state index contributed by atoms with van der Waals surface area (Å²) in [4.78, 5) is 8.53. The molecule has 0 spiro atoms. The lowest BCUT2D eigenvalue weighted by Gasteiger charge is -2.23. The molecular weight excluding hydrogens is 412 g/mol. The van der Waals surface area contributed by atoms with Gasteiger partial charge in [0, 0.05) is 33.9 Å². The summed E-state index contributed by atoms with van der Waals surface area (Å²) in [5.74, 6) is -0.0801. The van der Waals surface area contributed by atoms with Crippen LogP contribution in [-0.2, 0) is 0 Å². The van der Waals surface area contributed by atoms with Crippen LogP contribution in [-0.4, -0.2) is 15.1 Å². The van der Waals surface area contributed by atoms with Gasteiger partial charge in [-0.25, -0.2) is 9.37 Å². The molecular formula is C22H16Cl2FN3O. The quantitative estimate of drug-likeness (QED) is 0.401. The molecule has 2 N–H and O–H groups in total. The lowest BCUT2D eigenvalue weighted by molar-refractivity contribution is 0.471. The summed E-state index contributed by atoms with van der Waals surface area (Å²) in [5, 5.41) is 15.6. The number of benzene rings is 2. The Balaban J connectivity index is 1.91. The number of aromatic hydroxyl groups is 1.